The molecular formula is C14H13FN2O. The van der Waals surface area contributed by atoms with Gasteiger partial charge in [0.05, 0.1) is 18.0 Å². The number of terminal acetylenes is 1. The molecule has 1 unspecified atom stereocenters. The van der Waals surface area contributed by atoms with Crippen molar-refractivity contribution in [3.05, 3.63) is 41.8 Å². The number of H-pyrrole nitrogens is 1. The molecule has 0 aliphatic heterocycles. The lowest BCUT2D eigenvalue weighted by Gasteiger charge is -2.09. The molecule has 1 aromatic carbocycles. The van der Waals surface area contributed by atoms with Gasteiger partial charge in [0.25, 0.3) is 0 Å². The van der Waals surface area contributed by atoms with Gasteiger partial charge in [0.1, 0.15) is 5.82 Å². The third kappa shape index (κ3) is 2.58. The van der Waals surface area contributed by atoms with E-state index in [1.807, 2.05) is 0 Å². The molecular weight excluding hydrogens is 231 g/mol. The number of aromatic nitrogens is 2. The zero-order chi connectivity index (χ0) is 13.0. The summed E-state index contributed by atoms with van der Waals surface area (Å²) in [6.45, 7) is 0. The summed E-state index contributed by atoms with van der Waals surface area (Å²) in [5, 5.41) is 16.7. The van der Waals surface area contributed by atoms with E-state index in [0.29, 0.717) is 24.1 Å². The van der Waals surface area contributed by atoms with Gasteiger partial charge in [-0.1, -0.05) is 0 Å². The van der Waals surface area contributed by atoms with Crippen molar-refractivity contribution in [1.82, 2.24) is 10.2 Å². The van der Waals surface area contributed by atoms with Crippen LogP contribution in [0.1, 0.15) is 24.5 Å². The Hall–Kier alpha value is -2.12. The highest BCUT2D eigenvalue weighted by atomic mass is 19.1. The number of halogens is 1. The zero-order valence-electron chi connectivity index (χ0n) is 9.73. The Labute approximate surface area is 105 Å². The fourth-order valence-corrected chi connectivity index (χ4v) is 1.77. The Morgan fingerprint density at radius 1 is 1.39 bits per heavy atom. The van der Waals surface area contributed by atoms with Crippen LogP contribution >= 0.6 is 0 Å². The largest absolute Gasteiger partial charge is 0.388 e. The number of aliphatic hydroxyl groups excluding tert-OH is 1. The van der Waals surface area contributed by atoms with Crippen LogP contribution < -0.4 is 0 Å². The summed E-state index contributed by atoms with van der Waals surface area (Å²) in [6, 6.07) is 6.02. The third-order valence-electron chi connectivity index (χ3n) is 2.72. The van der Waals surface area contributed by atoms with Gasteiger partial charge in [0.2, 0.25) is 0 Å². The Balaban J connectivity index is 2.27. The number of rotatable bonds is 4. The minimum atomic E-state index is -0.667. The molecule has 18 heavy (non-hydrogen) atoms. The number of aromatic amines is 1. The second-order valence-corrected chi connectivity index (χ2v) is 3.97. The number of hydrogen-bond acceptors (Lipinski definition) is 2. The highest BCUT2D eigenvalue weighted by Gasteiger charge is 2.15. The molecule has 2 aromatic rings. The van der Waals surface area contributed by atoms with Gasteiger partial charge in [-0.15, -0.1) is 12.3 Å². The molecule has 0 saturated heterocycles. The third-order valence-corrected chi connectivity index (χ3v) is 2.72. The molecule has 0 fully saturated rings. The van der Waals surface area contributed by atoms with Crippen LogP contribution in [0, 0.1) is 18.2 Å². The van der Waals surface area contributed by atoms with Crippen molar-refractivity contribution < 1.29 is 9.50 Å². The van der Waals surface area contributed by atoms with Gasteiger partial charge in [-0.3, -0.25) is 5.10 Å². The molecule has 92 valence electrons. The average molecular weight is 244 g/mol. The molecule has 1 atom stereocenters. The van der Waals surface area contributed by atoms with Crippen LogP contribution in [-0.2, 0) is 0 Å². The van der Waals surface area contributed by atoms with Crippen molar-refractivity contribution in [2.45, 2.75) is 18.9 Å². The van der Waals surface area contributed by atoms with Crippen LogP contribution in [0.3, 0.4) is 0 Å². The van der Waals surface area contributed by atoms with Crippen LogP contribution in [0.4, 0.5) is 4.39 Å². The van der Waals surface area contributed by atoms with Crippen molar-refractivity contribution in [3.63, 3.8) is 0 Å². The fraction of sp³-hybridized carbons (Fsp3) is 0.214. The molecule has 0 aliphatic carbocycles. The Morgan fingerprint density at radius 2 is 2.11 bits per heavy atom. The number of aliphatic hydroxyl groups is 1. The van der Waals surface area contributed by atoms with Gasteiger partial charge < -0.3 is 5.11 Å². The van der Waals surface area contributed by atoms with Crippen LogP contribution in [0.5, 0.6) is 0 Å². The quantitative estimate of drug-likeness (QED) is 0.812. The summed E-state index contributed by atoms with van der Waals surface area (Å²) in [5.41, 5.74) is 2.15. The van der Waals surface area contributed by atoms with E-state index in [-0.39, 0.29) is 5.82 Å². The van der Waals surface area contributed by atoms with Crippen LogP contribution in [0.2, 0.25) is 0 Å². The summed E-state index contributed by atoms with van der Waals surface area (Å²) in [6.07, 6.45) is 7.04. The summed E-state index contributed by atoms with van der Waals surface area (Å²) >= 11 is 0. The van der Waals surface area contributed by atoms with Gasteiger partial charge in [-0.25, -0.2) is 4.39 Å². The van der Waals surface area contributed by atoms with Gasteiger partial charge >= 0.3 is 0 Å². The first-order valence-corrected chi connectivity index (χ1v) is 5.63. The lowest BCUT2D eigenvalue weighted by Crippen LogP contribution is -1.97. The Bertz CT molecular complexity index is 554. The maximum atomic E-state index is 12.9. The van der Waals surface area contributed by atoms with Gasteiger partial charge in [0, 0.05) is 17.5 Å². The van der Waals surface area contributed by atoms with Crippen molar-refractivity contribution in [2.24, 2.45) is 0 Å². The molecule has 2 N–H and O–H groups in total. The minimum absolute atomic E-state index is 0.298. The first-order chi connectivity index (χ1) is 8.72. The normalized spacial score (nSPS) is 12.1. The monoisotopic (exact) mass is 244 g/mol. The van der Waals surface area contributed by atoms with Crippen molar-refractivity contribution in [3.8, 4) is 23.6 Å². The second kappa shape index (κ2) is 5.48. The molecule has 4 heteroatoms. The van der Waals surface area contributed by atoms with Crippen molar-refractivity contribution >= 4 is 0 Å². The van der Waals surface area contributed by atoms with E-state index in [2.05, 4.69) is 16.1 Å². The number of benzene rings is 1. The topological polar surface area (TPSA) is 48.9 Å². The molecule has 0 radical (unpaired) electrons. The lowest BCUT2D eigenvalue weighted by molar-refractivity contribution is 0.170. The highest BCUT2D eigenvalue weighted by molar-refractivity contribution is 5.62. The highest BCUT2D eigenvalue weighted by Crippen LogP contribution is 2.28. The molecule has 3 nitrogen and oxygen atoms in total. The molecule has 1 aromatic heterocycles. The fourth-order valence-electron chi connectivity index (χ4n) is 1.77. The maximum absolute atomic E-state index is 12.9. The number of nitrogens with one attached hydrogen (secondary N) is 1. The molecule has 0 bridgehead atoms. The van der Waals surface area contributed by atoms with Gasteiger partial charge in [0.15, 0.2) is 0 Å². The molecule has 2 rings (SSSR count). The summed E-state index contributed by atoms with van der Waals surface area (Å²) in [7, 11) is 0. The van der Waals surface area contributed by atoms with Crippen LogP contribution in [0.15, 0.2) is 30.5 Å². The predicted octanol–water partition coefficient (Wildman–Crippen LogP) is 2.66. The number of hydrogen-bond donors (Lipinski definition) is 2. The zero-order valence-corrected chi connectivity index (χ0v) is 9.73. The first kappa shape index (κ1) is 12.3. The summed E-state index contributed by atoms with van der Waals surface area (Å²) in [5.74, 6) is 2.19. The van der Waals surface area contributed by atoms with E-state index < -0.39 is 6.10 Å². The predicted molar refractivity (Wildman–Crippen MR) is 67.0 cm³/mol. The summed E-state index contributed by atoms with van der Waals surface area (Å²) in [4.78, 5) is 0. The SMILES string of the molecule is C#CCCC(O)c1cn[nH]c1-c1ccc(F)cc1. The minimum Gasteiger partial charge on any atom is -0.388 e. The van der Waals surface area contributed by atoms with E-state index in [1.165, 1.54) is 12.1 Å². The van der Waals surface area contributed by atoms with Crippen molar-refractivity contribution in [1.29, 1.82) is 0 Å². The van der Waals surface area contributed by atoms with E-state index in [9.17, 15) is 9.50 Å². The van der Waals surface area contributed by atoms with Crippen LogP contribution in [-0.4, -0.2) is 15.3 Å². The van der Waals surface area contributed by atoms with Crippen molar-refractivity contribution in [2.75, 3.05) is 0 Å². The lowest BCUT2D eigenvalue weighted by atomic mass is 10.0. The first-order valence-electron chi connectivity index (χ1n) is 5.63. The van der Waals surface area contributed by atoms with E-state index in [4.69, 9.17) is 6.42 Å². The molecule has 0 saturated carbocycles. The smallest absolute Gasteiger partial charge is 0.123 e. The van der Waals surface area contributed by atoms with E-state index in [0.717, 1.165) is 5.56 Å². The Kier molecular flexibility index (Phi) is 3.75. The van der Waals surface area contributed by atoms with Crippen LogP contribution in [0.25, 0.3) is 11.3 Å². The number of nitrogens with zero attached hydrogens (tertiary/aromatic N) is 1. The average Bonchev–Trinajstić information content (AvgIpc) is 2.86. The second-order valence-electron chi connectivity index (χ2n) is 3.97. The molecule has 1 heterocycles. The molecule has 0 aliphatic rings. The van der Waals surface area contributed by atoms with E-state index in [1.54, 1.807) is 18.3 Å². The maximum Gasteiger partial charge on any atom is 0.123 e. The molecule has 0 spiro atoms. The Morgan fingerprint density at radius 3 is 2.78 bits per heavy atom. The van der Waals surface area contributed by atoms with Gasteiger partial charge in [-0.2, -0.15) is 5.10 Å². The van der Waals surface area contributed by atoms with Gasteiger partial charge in [-0.05, 0) is 30.7 Å². The molecule has 0 amide bonds. The standard InChI is InChI=1S/C14H13FN2O/c1-2-3-4-13(18)12-9-16-17-14(12)10-5-7-11(15)8-6-10/h1,5-9,13,18H,3-4H2,(H,16,17). The summed E-state index contributed by atoms with van der Waals surface area (Å²) < 4.78 is 12.9. The van der Waals surface area contributed by atoms with E-state index >= 15 is 0 Å².